The molecular weight excluding hydrogens is 204 g/mol. The van der Waals surface area contributed by atoms with Gasteiger partial charge in [-0.05, 0) is 20.0 Å². The molecule has 0 spiro atoms. The molecule has 0 radical (unpaired) electrons. The molecule has 1 aliphatic rings. The van der Waals surface area contributed by atoms with Crippen LogP contribution in [0.4, 0.5) is 0 Å². The Labute approximate surface area is 96.7 Å². The van der Waals surface area contributed by atoms with E-state index in [1.165, 1.54) is 6.21 Å². The average molecular weight is 224 g/mol. The van der Waals surface area contributed by atoms with E-state index in [0.717, 1.165) is 6.54 Å². The first-order valence-corrected chi connectivity index (χ1v) is 5.60. The summed E-state index contributed by atoms with van der Waals surface area (Å²) in [5, 5.41) is 9.68. The second kappa shape index (κ2) is 5.80. The predicted octanol–water partition coefficient (Wildman–Crippen LogP) is 1.43. The van der Waals surface area contributed by atoms with E-state index >= 15 is 0 Å². The summed E-state index contributed by atoms with van der Waals surface area (Å²) in [6.45, 7) is 3.45. The Balaban J connectivity index is 2.58. The van der Waals surface area contributed by atoms with Gasteiger partial charge in [0, 0.05) is 25.6 Å². The molecular formula is C12H20N2O2. The van der Waals surface area contributed by atoms with Crippen LogP contribution in [-0.2, 0) is 4.79 Å². The summed E-state index contributed by atoms with van der Waals surface area (Å²) in [4.78, 5) is 17.8. The minimum absolute atomic E-state index is 0.00449. The molecule has 0 aromatic carbocycles. The molecule has 0 bridgehead atoms. The second-order valence-corrected chi connectivity index (χ2v) is 4.64. The van der Waals surface area contributed by atoms with Crippen LogP contribution >= 0.6 is 0 Å². The predicted molar refractivity (Wildman–Crippen MR) is 65.0 cm³/mol. The Kier molecular flexibility index (Phi) is 4.68. The van der Waals surface area contributed by atoms with Crippen molar-refractivity contribution in [3.05, 3.63) is 11.3 Å². The second-order valence-electron chi connectivity index (χ2n) is 4.64. The van der Waals surface area contributed by atoms with Crippen molar-refractivity contribution >= 4 is 12.0 Å². The number of allylic oxidation sites excluding steroid dienone is 2. The van der Waals surface area contributed by atoms with Crippen molar-refractivity contribution in [2.45, 2.75) is 19.8 Å². The summed E-state index contributed by atoms with van der Waals surface area (Å²) in [5.74, 6) is 0.439. The van der Waals surface area contributed by atoms with Crippen molar-refractivity contribution in [1.82, 2.24) is 4.90 Å². The molecule has 1 unspecified atom stereocenters. The average Bonchev–Trinajstić information content (AvgIpc) is 2.14. The van der Waals surface area contributed by atoms with E-state index in [9.17, 15) is 9.90 Å². The van der Waals surface area contributed by atoms with Crippen LogP contribution in [-0.4, -0.2) is 49.2 Å². The number of carbonyl (C=O) groups excluding carboxylic acids is 1. The summed E-state index contributed by atoms with van der Waals surface area (Å²) in [5.41, 5.74) is 0.400. The van der Waals surface area contributed by atoms with E-state index < -0.39 is 0 Å². The highest BCUT2D eigenvalue weighted by Gasteiger charge is 2.23. The van der Waals surface area contributed by atoms with Gasteiger partial charge in [-0.2, -0.15) is 0 Å². The van der Waals surface area contributed by atoms with Gasteiger partial charge in [-0.15, -0.1) is 0 Å². The third kappa shape index (κ3) is 3.77. The molecule has 4 nitrogen and oxygen atoms in total. The summed E-state index contributed by atoms with van der Waals surface area (Å²) in [6.07, 6.45) is 2.62. The van der Waals surface area contributed by atoms with Gasteiger partial charge in [-0.25, -0.2) is 0 Å². The number of ketones is 1. The van der Waals surface area contributed by atoms with Crippen LogP contribution in [0, 0.1) is 5.92 Å². The lowest BCUT2D eigenvalue weighted by Crippen LogP contribution is -2.19. The van der Waals surface area contributed by atoms with Crippen LogP contribution in [0.3, 0.4) is 0 Å². The third-order valence-electron chi connectivity index (χ3n) is 2.58. The van der Waals surface area contributed by atoms with Gasteiger partial charge in [0.2, 0.25) is 0 Å². The zero-order valence-electron chi connectivity index (χ0n) is 10.2. The summed E-state index contributed by atoms with van der Waals surface area (Å²) in [6, 6.07) is 0. The molecule has 0 aromatic heterocycles. The van der Waals surface area contributed by atoms with Crippen molar-refractivity contribution in [2.24, 2.45) is 10.9 Å². The molecule has 1 atom stereocenters. The van der Waals surface area contributed by atoms with E-state index in [4.69, 9.17) is 0 Å². The number of likely N-dealkylation sites (N-methyl/N-ethyl adjacent to an activating group) is 1. The maximum absolute atomic E-state index is 11.6. The zero-order chi connectivity index (χ0) is 12.1. The Morgan fingerprint density at radius 2 is 2.19 bits per heavy atom. The first-order chi connectivity index (χ1) is 7.50. The summed E-state index contributed by atoms with van der Waals surface area (Å²) in [7, 11) is 3.94. The van der Waals surface area contributed by atoms with E-state index in [0.29, 0.717) is 25.0 Å². The fraction of sp³-hybridized carbons (Fsp3) is 0.667. The molecule has 90 valence electrons. The molecule has 16 heavy (non-hydrogen) atoms. The lowest BCUT2D eigenvalue weighted by atomic mass is 9.89. The third-order valence-corrected chi connectivity index (χ3v) is 2.58. The molecule has 0 saturated carbocycles. The largest absolute Gasteiger partial charge is 0.511 e. The topological polar surface area (TPSA) is 52.9 Å². The fourth-order valence-electron chi connectivity index (χ4n) is 1.66. The maximum Gasteiger partial charge on any atom is 0.168 e. The normalized spacial score (nSPS) is 22.5. The lowest BCUT2D eigenvalue weighted by Gasteiger charge is -2.17. The monoisotopic (exact) mass is 224 g/mol. The first-order valence-electron chi connectivity index (χ1n) is 5.60. The van der Waals surface area contributed by atoms with E-state index in [1.807, 2.05) is 25.9 Å². The summed E-state index contributed by atoms with van der Waals surface area (Å²) >= 11 is 0. The van der Waals surface area contributed by atoms with Crippen LogP contribution in [0.2, 0.25) is 0 Å². The molecule has 0 amide bonds. The Hall–Kier alpha value is -1.16. The lowest BCUT2D eigenvalue weighted by molar-refractivity contribution is -0.116. The fourth-order valence-corrected chi connectivity index (χ4v) is 1.66. The number of hydrogen-bond acceptors (Lipinski definition) is 4. The standard InChI is InChI=1S/C12H20N2O2/c1-9-6-11(15)10(12(16)7-9)8-13-4-5-14(2)3/h8-9,15H,4-7H2,1-3H3. The highest BCUT2D eigenvalue weighted by molar-refractivity contribution is 6.14. The van der Waals surface area contributed by atoms with Gasteiger partial charge in [0.25, 0.3) is 0 Å². The molecule has 0 aliphatic heterocycles. The Bertz CT molecular complexity index is 319. The molecule has 0 heterocycles. The highest BCUT2D eigenvalue weighted by atomic mass is 16.3. The van der Waals surface area contributed by atoms with Crippen LogP contribution in [0.5, 0.6) is 0 Å². The molecule has 1 aliphatic carbocycles. The van der Waals surface area contributed by atoms with Crippen molar-refractivity contribution in [3.63, 3.8) is 0 Å². The zero-order valence-corrected chi connectivity index (χ0v) is 10.2. The summed E-state index contributed by atoms with van der Waals surface area (Å²) < 4.78 is 0. The maximum atomic E-state index is 11.6. The van der Waals surface area contributed by atoms with Crippen molar-refractivity contribution in [1.29, 1.82) is 0 Å². The number of rotatable bonds is 4. The number of hydrogen-bond donors (Lipinski definition) is 1. The van der Waals surface area contributed by atoms with E-state index in [1.54, 1.807) is 0 Å². The number of aliphatic imine (C=N–C) groups is 1. The van der Waals surface area contributed by atoms with Gasteiger partial charge in [-0.3, -0.25) is 9.79 Å². The molecule has 1 N–H and O–H groups in total. The van der Waals surface area contributed by atoms with Crippen LogP contribution in [0.1, 0.15) is 19.8 Å². The molecule has 4 heteroatoms. The minimum Gasteiger partial charge on any atom is -0.511 e. The minimum atomic E-state index is 0.00449. The molecule has 1 rings (SSSR count). The van der Waals surface area contributed by atoms with Gasteiger partial charge >= 0.3 is 0 Å². The van der Waals surface area contributed by atoms with Crippen LogP contribution < -0.4 is 0 Å². The van der Waals surface area contributed by atoms with Crippen molar-refractivity contribution in [2.75, 3.05) is 27.2 Å². The smallest absolute Gasteiger partial charge is 0.168 e. The quantitative estimate of drug-likeness (QED) is 0.735. The number of carbonyl (C=O) groups is 1. The van der Waals surface area contributed by atoms with Gasteiger partial charge in [0.1, 0.15) is 5.76 Å². The number of aliphatic hydroxyl groups is 1. The first kappa shape index (κ1) is 12.9. The number of nitrogens with zero attached hydrogens (tertiary/aromatic N) is 2. The Morgan fingerprint density at radius 1 is 1.50 bits per heavy atom. The molecule has 0 saturated heterocycles. The Morgan fingerprint density at radius 3 is 2.75 bits per heavy atom. The molecule has 0 fully saturated rings. The van der Waals surface area contributed by atoms with Gasteiger partial charge in [-0.1, -0.05) is 6.92 Å². The van der Waals surface area contributed by atoms with Gasteiger partial charge in [0.05, 0.1) is 12.1 Å². The van der Waals surface area contributed by atoms with Crippen molar-refractivity contribution in [3.8, 4) is 0 Å². The SMILES string of the molecule is CC1CC(=O)C(C=NCCN(C)C)=C(O)C1. The van der Waals surface area contributed by atoms with Gasteiger partial charge < -0.3 is 10.0 Å². The highest BCUT2D eigenvalue weighted by Crippen LogP contribution is 2.23. The van der Waals surface area contributed by atoms with E-state index in [2.05, 4.69) is 4.99 Å². The van der Waals surface area contributed by atoms with Crippen LogP contribution in [0.25, 0.3) is 0 Å². The number of Topliss-reactive ketones (excluding diaryl/α,β-unsaturated/α-hetero) is 1. The molecule has 0 aromatic rings. The number of aliphatic hydroxyl groups excluding tert-OH is 1. The van der Waals surface area contributed by atoms with Gasteiger partial charge in [0.15, 0.2) is 5.78 Å². The van der Waals surface area contributed by atoms with Crippen molar-refractivity contribution < 1.29 is 9.90 Å². The van der Waals surface area contributed by atoms with E-state index in [-0.39, 0.29) is 17.5 Å². The van der Waals surface area contributed by atoms with Crippen LogP contribution in [0.15, 0.2) is 16.3 Å².